The number of benzene rings is 1. The van der Waals surface area contributed by atoms with Gasteiger partial charge < -0.3 is 13.8 Å². The van der Waals surface area contributed by atoms with E-state index in [2.05, 4.69) is 6.92 Å². The normalized spacial score (nSPS) is 11.3. The van der Waals surface area contributed by atoms with E-state index in [9.17, 15) is 18.0 Å². The molecule has 0 spiro atoms. The lowest BCUT2D eigenvalue weighted by molar-refractivity contribution is -0.127. The molecule has 194 valence electrons. The molecule has 0 saturated carbocycles. The van der Waals surface area contributed by atoms with Crippen LogP contribution in [0.2, 0.25) is 0 Å². The molecule has 0 radical (unpaired) electrons. The molecule has 0 fully saturated rings. The summed E-state index contributed by atoms with van der Waals surface area (Å²) in [5.74, 6) is -1.66. The zero-order chi connectivity index (χ0) is 25.2. The van der Waals surface area contributed by atoms with E-state index < -0.39 is 27.7 Å². The van der Waals surface area contributed by atoms with Gasteiger partial charge in [0.2, 0.25) is 5.91 Å². The minimum absolute atomic E-state index is 0.0458. The fraction of sp³-hybridized carbons (Fsp3) is 0.692. The number of rotatable bonds is 19. The molecule has 0 bridgehead atoms. The van der Waals surface area contributed by atoms with E-state index in [1.807, 2.05) is 0 Å². The van der Waals surface area contributed by atoms with Crippen LogP contribution in [0.3, 0.4) is 0 Å². The van der Waals surface area contributed by atoms with Gasteiger partial charge in [-0.2, -0.15) is 8.42 Å². The van der Waals surface area contributed by atoms with Gasteiger partial charge in [-0.25, -0.2) is 4.79 Å². The van der Waals surface area contributed by atoms with Crippen molar-refractivity contribution in [1.82, 2.24) is 4.90 Å². The number of esters is 1. The Kier molecular flexibility index (Phi) is 15.3. The maximum Gasteiger partial charge on any atom is 0.338 e. The van der Waals surface area contributed by atoms with Gasteiger partial charge in [0.15, 0.2) is 5.75 Å². The van der Waals surface area contributed by atoms with Crippen LogP contribution in [0.5, 0.6) is 5.75 Å². The van der Waals surface area contributed by atoms with Gasteiger partial charge in [-0.15, -0.1) is 0 Å². The monoisotopic (exact) mass is 497 g/mol. The second kappa shape index (κ2) is 17.4. The Morgan fingerprint density at radius 1 is 0.794 bits per heavy atom. The molecule has 1 aromatic carbocycles. The standard InChI is InChI=1S/C26H43NO6S/c1-4-6-7-8-9-10-11-12-13-14-15-16-21-27(3)25(28)22-34(30,31)33-24-19-17-23(18-20-24)26(29)32-5-2/h17-20H,4-16,21-22H2,1-3H3. The number of unbranched alkanes of at least 4 members (excludes halogenated alkanes) is 11. The third kappa shape index (κ3) is 13.6. The molecule has 1 aromatic rings. The molecule has 0 saturated heterocycles. The molecular formula is C26H43NO6S. The fourth-order valence-corrected chi connectivity index (χ4v) is 4.60. The lowest BCUT2D eigenvalue weighted by atomic mass is 10.1. The molecule has 0 aliphatic rings. The van der Waals surface area contributed by atoms with Gasteiger partial charge in [-0.3, -0.25) is 4.79 Å². The summed E-state index contributed by atoms with van der Waals surface area (Å²) in [6, 6.07) is 5.57. The third-order valence-electron chi connectivity index (χ3n) is 5.66. The molecule has 1 amide bonds. The summed E-state index contributed by atoms with van der Waals surface area (Å²) < 4.78 is 34.4. The first-order valence-corrected chi connectivity index (χ1v) is 14.3. The van der Waals surface area contributed by atoms with Gasteiger partial charge in [0.25, 0.3) is 0 Å². The highest BCUT2D eigenvalue weighted by atomic mass is 32.2. The van der Waals surface area contributed by atoms with Crippen LogP contribution < -0.4 is 4.18 Å². The summed E-state index contributed by atoms with van der Waals surface area (Å²) in [5.41, 5.74) is 0.296. The Hall–Kier alpha value is -2.09. The predicted octanol–water partition coefficient (Wildman–Crippen LogP) is 5.73. The number of hydrogen-bond acceptors (Lipinski definition) is 6. The van der Waals surface area contributed by atoms with Crippen LogP contribution in [0.15, 0.2) is 24.3 Å². The van der Waals surface area contributed by atoms with E-state index in [4.69, 9.17) is 8.92 Å². The third-order valence-corrected chi connectivity index (χ3v) is 6.71. The Balaban J connectivity index is 2.21. The Labute approximate surface area is 206 Å². The van der Waals surface area contributed by atoms with E-state index >= 15 is 0 Å². The second-order valence-electron chi connectivity index (χ2n) is 8.73. The van der Waals surface area contributed by atoms with Crippen LogP contribution in [0, 0.1) is 0 Å². The molecule has 0 unspecified atom stereocenters. The Morgan fingerprint density at radius 3 is 1.79 bits per heavy atom. The summed E-state index contributed by atoms with van der Waals surface area (Å²) in [4.78, 5) is 25.4. The number of carbonyl (C=O) groups excluding carboxylic acids is 2. The molecule has 0 aliphatic heterocycles. The summed E-state index contributed by atoms with van der Waals surface area (Å²) in [7, 11) is -2.47. The maximum atomic E-state index is 12.3. The number of nitrogens with zero attached hydrogens (tertiary/aromatic N) is 1. The summed E-state index contributed by atoms with van der Waals surface area (Å²) in [6.07, 6.45) is 14.8. The van der Waals surface area contributed by atoms with Crippen molar-refractivity contribution in [2.75, 3.05) is 26.0 Å². The van der Waals surface area contributed by atoms with Crippen LogP contribution >= 0.6 is 0 Å². The van der Waals surface area contributed by atoms with Crippen LogP contribution in [-0.4, -0.2) is 51.1 Å². The van der Waals surface area contributed by atoms with Gasteiger partial charge in [-0.05, 0) is 37.6 Å². The highest BCUT2D eigenvalue weighted by molar-refractivity contribution is 7.87. The van der Waals surface area contributed by atoms with Gasteiger partial charge in [0.1, 0.15) is 5.75 Å². The smallest absolute Gasteiger partial charge is 0.338 e. The van der Waals surface area contributed by atoms with Crippen molar-refractivity contribution in [3.63, 3.8) is 0 Å². The van der Waals surface area contributed by atoms with Crippen LogP contribution in [0.25, 0.3) is 0 Å². The van der Waals surface area contributed by atoms with Gasteiger partial charge in [-0.1, -0.05) is 77.6 Å². The maximum absolute atomic E-state index is 12.3. The van der Waals surface area contributed by atoms with Crippen molar-refractivity contribution in [2.45, 2.75) is 90.9 Å². The van der Waals surface area contributed by atoms with E-state index in [0.29, 0.717) is 12.1 Å². The van der Waals surface area contributed by atoms with Gasteiger partial charge >= 0.3 is 16.1 Å². The molecule has 0 aliphatic carbocycles. The quantitative estimate of drug-likeness (QED) is 0.138. The minimum atomic E-state index is -4.09. The molecule has 0 atom stereocenters. The Morgan fingerprint density at radius 2 is 1.29 bits per heavy atom. The van der Waals surface area contributed by atoms with Gasteiger partial charge in [0.05, 0.1) is 12.2 Å². The van der Waals surface area contributed by atoms with E-state index in [1.54, 1.807) is 14.0 Å². The number of hydrogen-bond donors (Lipinski definition) is 0. The number of amides is 1. The number of ether oxygens (including phenoxy) is 1. The molecule has 0 N–H and O–H groups in total. The molecule has 8 heteroatoms. The number of carbonyl (C=O) groups is 2. The zero-order valence-corrected chi connectivity index (χ0v) is 22.0. The lowest BCUT2D eigenvalue weighted by Crippen LogP contribution is -2.34. The van der Waals surface area contributed by atoms with Crippen molar-refractivity contribution in [2.24, 2.45) is 0 Å². The van der Waals surface area contributed by atoms with Crippen molar-refractivity contribution in [3.8, 4) is 5.75 Å². The van der Waals surface area contributed by atoms with Crippen LogP contribution in [0.4, 0.5) is 0 Å². The van der Waals surface area contributed by atoms with E-state index in [1.165, 1.54) is 87.0 Å². The molecule has 1 rings (SSSR count). The SMILES string of the molecule is CCCCCCCCCCCCCCN(C)C(=O)CS(=O)(=O)Oc1ccc(C(=O)OCC)cc1. The van der Waals surface area contributed by atoms with Crippen molar-refractivity contribution < 1.29 is 26.9 Å². The molecule has 0 heterocycles. The van der Waals surface area contributed by atoms with E-state index in [-0.39, 0.29) is 12.4 Å². The van der Waals surface area contributed by atoms with Crippen LogP contribution in [0.1, 0.15) is 101 Å². The van der Waals surface area contributed by atoms with Crippen molar-refractivity contribution >= 4 is 22.0 Å². The highest BCUT2D eigenvalue weighted by Crippen LogP contribution is 2.16. The molecule has 7 nitrogen and oxygen atoms in total. The minimum Gasteiger partial charge on any atom is -0.462 e. The first kappa shape index (κ1) is 29.9. The first-order chi connectivity index (χ1) is 16.3. The average Bonchev–Trinajstić information content (AvgIpc) is 2.79. The van der Waals surface area contributed by atoms with E-state index in [0.717, 1.165) is 19.3 Å². The second-order valence-corrected chi connectivity index (χ2v) is 10.3. The topological polar surface area (TPSA) is 90.0 Å². The molecule has 0 aromatic heterocycles. The highest BCUT2D eigenvalue weighted by Gasteiger charge is 2.21. The molecular weight excluding hydrogens is 454 g/mol. The molecule has 34 heavy (non-hydrogen) atoms. The summed E-state index contributed by atoms with van der Waals surface area (Å²) in [5, 5.41) is 0. The largest absolute Gasteiger partial charge is 0.462 e. The Bertz CT molecular complexity index is 807. The zero-order valence-electron chi connectivity index (χ0n) is 21.2. The van der Waals surface area contributed by atoms with Crippen LogP contribution in [-0.2, 0) is 19.6 Å². The van der Waals surface area contributed by atoms with Crippen molar-refractivity contribution in [3.05, 3.63) is 29.8 Å². The summed E-state index contributed by atoms with van der Waals surface area (Å²) >= 11 is 0. The summed E-state index contributed by atoms with van der Waals surface area (Å²) in [6.45, 7) is 4.72. The van der Waals surface area contributed by atoms with Gasteiger partial charge in [0, 0.05) is 13.6 Å². The average molecular weight is 498 g/mol. The first-order valence-electron chi connectivity index (χ1n) is 12.7. The fourth-order valence-electron chi connectivity index (χ4n) is 3.61. The lowest BCUT2D eigenvalue weighted by Gasteiger charge is -2.17. The van der Waals surface area contributed by atoms with Crippen molar-refractivity contribution in [1.29, 1.82) is 0 Å². The predicted molar refractivity (Wildman–Crippen MR) is 136 cm³/mol.